The number of carbonyl (C=O) groups is 1. The van der Waals surface area contributed by atoms with E-state index in [1.165, 1.54) is 12.1 Å². The lowest BCUT2D eigenvalue weighted by Crippen LogP contribution is -2.21. The molecule has 0 heterocycles. The second-order valence-electron chi connectivity index (χ2n) is 4.70. The van der Waals surface area contributed by atoms with Crippen molar-refractivity contribution in [2.45, 2.75) is 37.6 Å². The summed E-state index contributed by atoms with van der Waals surface area (Å²) in [6.45, 7) is 4.83. The Morgan fingerprint density at radius 2 is 1.95 bits per heavy atom. The Balaban J connectivity index is 2.42. The molecule has 0 aliphatic heterocycles. The minimum atomic E-state index is -3.65. The fraction of sp³-hybridized carbons (Fsp3) is 0.500. The Morgan fingerprint density at radius 3 is 2.48 bits per heavy atom. The van der Waals surface area contributed by atoms with Gasteiger partial charge in [0.1, 0.15) is 0 Å². The second kappa shape index (κ2) is 8.11. The number of nitrogens with one attached hydrogen (secondary N) is 1. The molecule has 1 unspecified atom stereocenters. The van der Waals surface area contributed by atoms with Crippen LogP contribution >= 0.6 is 0 Å². The van der Waals surface area contributed by atoms with Crippen molar-refractivity contribution in [1.29, 1.82) is 0 Å². The molecule has 1 aromatic rings. The van der Waals surface area contributed by atoms with E-state index in [1.54, 1.807) is 19.1 Å². The molecule has 21 heavy (non-hydrogen) atoms. The highest BCUT2D eigenvalue weighted by Gasteiger charge is 2.10. The number of rotatable bonds is 8. The highest BCUT2D eigenvalue weighted by Crippen LogP contribution is 2.15. The summed E-state index contributed by atoms with van der Waals surface area (Å²) in [5, 5.41) is 8.31. The first kappa shape index (κ1) is 17.6. The zero-order chi connectivity index (χ0) is 15.9. The highest BCUT2D eigenvalue weighted by atomic mass is 32.2. The van der Waals surface area contributed by atoms with Gasteiger partial charge in [-0.15, -0.1) is 0 Å². The van der Waals surface area contributed by atoms with Crippen molar-refractivity contribution in [3.8, 4) is 0 Å². The summed E-state index contributed by atoms with van der Waals surface area (Å²) in [5.41, 5.74) is 0.957. The summed E-state index contributed by atoms with van der Waals surface area (Å²) in [6.07, 6.45) is 1.08. The van der Waals surface area contributed by atoms with Gasteiger partial charge in [0.05, 0.1) is 11.5 Å². The number of nitrogens with two attached hydrogens (primary N) is 1. The molecule has 6 nitrogen and oxygen atoms in total. The quantitative estimate of drug-likeness (QED) is 0.557. The van der Waals surface area contributed by atoms with E-state index in [-0.39, 0.29) is 16.9 Å². The molecule has 0 spiro atoms. The van der Waals surface area contributed by atoms with E-state index in [0.29, 0.717) is 26.0 Å². The van der Waals surface area contributed by atoms with Gasteiger partial charge in [0, 0.05) is 12.5 Å². The SMILES string of the molecule is CCOC(=O)CCCNC(C)c1ccc(S(N)(=O)=O)cc1. The average Bonchev–Trinajstić information content (AvgIpc) is 2.43. The Bertz CT molecular complexity index is 555. The lowest BCUT2D eigenvalue weighted by Gasteiger charge is -2.14. The van der Waals surface area contributed by atoms with Crippen LogP contribution in [-0.4, -0.2) is 27.5 Å². The number of primary sulfonamides is 1. The average molecular weight is 314 g/mol. The maximum atomic E-state index is 11.2. The van der Waals surface area contributed by atoms with E-state index < -0.39 is 10.0 Å². The van der Waals surface area contributed by atoms with Crippen molar-refractivity contribution < 1.29 is 17.9 Å². The Kier molecular flexibility index (Phi) is 6.80. The molecule has 0 radical (unpaired) electrons. The summed E-state index contributed by atoms with van der Waals surface area (Å²) in [5.74, 6) is -0.190. The third kappa shape index (κ3) is 6.24. The molecule has 0 saturated heterocycles. The van der Waals surface area contributed by atoms with Gasteiger partial charge in [-0.25, -0.2) is 13.6 Å². The predicted molar refractivity (Wildman–Crippen MR) is 80.1 cm³/mol. The van der Waals surface area contributed by atoms with Crippen LogP contribution in [0.25, 0.3) is 0 Å². The molecule has 1 rings (SSSR count). The van der Waals surface area contributed by atoms with E-state index in [4.69, 9.17) is 9.88 Å². The molecule has 1 atom stereocenters. The van der Waals surface area contributed by atoms with Crippen LogP contribution < -0.4 is 10.5 Å². The number of carbonyl (C=O) groups excluding carboxylic acids is 1. The molecule has 0 bridgehead atoms. The molecule has 0 saturated carbocycles. The van der Waals surface area contributed by atoms with Gasteiger partial charge in [-0.05, 0) is 44.5 Å². The first-order valence-corrected chi connectivity index (χ1v) is 8.41. The lowest BCUT2D eigenvalue weighted by molar-refractivity contribution is -0.143. The molecule has 0 aromatic heterocycles. The highest BCUT2D eigenvalue weighted by molar-refractivity contribution is 7.89. The van der Waals surface area contributed by atoms with Crippen molar-refractivity contribution in [3.05, 3.63) is 29.8 Å². The van der Waals surface area contributed by atoms with Gasteiger partial charge in [-0.2, -0.15) is 0 Å². The molecule has 118 valence electrons. The smallest absolute Gasteiger partial charge is 0.305 e. The molecule has 0 amide bonds. The van der Waals surface area contributed by atoms with Crippen LogP contribution in [-0.2, 0) is 19.6 Å². The number of hydrogen-bond donors (Lipinski definition) is 2. The van der Waals surface area contributed by atoms with Crippen LogP contribution in [0.3, 0.4) is 0 Å². The van der Waals surface area contributed by atoms with Crippen molar-refractivity contribution in [2.75, 3.05) is 13.2 Å². The van der Waals surface area contributed by atoms with Gasteiger partial charge >= 0.3 is 5.97 Å². The van der Waals surface area contributed by atoms with Crippen LogP contribution in [0.15, 0.2) is 29.2 Å². The number of hydrogen-bond acceptors (Lipinski definition) is 5. The zero-order valence-corrected chi connectivity index (χ0v) is 13.2. The number of sulfonamides is 1. The maximum absolute atomic E-state index is 11.2. The van der Waals surface area contributed by atoms with Crippen molar-refractivity contribution in [1.82, 2.24) is 5.32 Å². The van der Waals surface area contributed by atoms with Crippen LogP contribution in [0.2, 0.25) is 0 Å². The van der Waals surface area contributed by atoms with Crippen LogP contribution in [0.1, 0.15) is 38.3 Å². The topological polar surface area (TPSA) is 98.5 Å². The standard InChI is InChI=1S/C14H22N2O4S/c1-3-20-14(17)5-4-10-16-11(2)12-6-8-13(9-7-12)21(15,18)19/h6-9,11,16H,3-5,10H2,1-2H3,(H2,15,18,19). The number of benzene rings is 1. The summed E-state index contributed by atoms with van der Waals surface area (Å²) >= 11 is 0. The zero-order valence-electron chi connectivity index (χ0n) is 12.3. The summed E-state index contributed by atoms with van der Waals surface area (Å²) < 4.78 is 27.2. The molecule has 1 aromatic carbocycles. The second-order valence-corrected chi connectivity index (χ2v) is 6.26. The van der Waals surface area contributed by atoms with Gasteiger partial charge < -0.3 is 10.1 Å². The summed E-state index contributed by atoms with van der Waals surface area (Å²) in [6, 6.07) is 6.48. The normalized spacial score (nSPS) is 12.9. The minimum absolute atomic E-state index is 0.0572. The fourth-order valence-electron chi connectivity index (χ4n) is 1.85. The monoisotopic (exact) mass is 314 g/mol. The van der Waals surface area contributed by atoms with E-state index in [0.717, 1.165) is 5.56 Å². The summed E-state index contributed by atoms with van der Waals surface area (Å²) in [7, 11) is -3.65. The van der Waals surface area contributed by atoms with Crippen LogP contribution in [0, 0.1) is 0 Å². The van der Waals surface area contributed by atoms with Gasteiger partial charge in [0.2, 0.25) is 10.0 Å². The van der Waals surface area contributed by atoms with E-state index in [2.05, 4.69) is 5.32 Å². The predicted octanol–water partition coefficient (Wildman–Crippen LogP) is 1.33. The minimum Gasteiger partial charge on any atom is -0.466 e. The largest absolute Gasteiger partial charge is 0.466 e. The number of esters is 1. The first-order valence-electron chi connectivity index (χ1n) is 6.86. The molecular weight excluding hydrogens is 292 g/mol. The Labute approximate surface area is 125 Å². The summed E-state index contributed by atoms with van der Waals surface area (Å²) in [4.78, 5) is 11.3. The molecule has 7 heteroatoms. The maximum Gasteiger partial charge on any atom is 0.305 e. The lowest BCUT2D eigenvalue weighted by atomic mass is 10.1. The molecule has 0 aliphatic carbocycles. The van der Waals surface area contributed by atoms with Crippen molar-refractivity contribution in [2.24, 2.45) is 5.14 Å². The Hall–Kier alpha value is -1.44. The van der Waals surface area contributed by atoms with Crippen molar-refractivity contribution >= 4 is 16.0 Å². The fourth-order valence-corrected chi connectivity index (χ4v) is 2.36. The van der Waals surface area contributed by atoms with E-state index >= 15 is 0 Å². The van der Waals surface area contributed by atoms with Crippen molar-refractivity contribution in [3.63, 3.8) is 0 Å². The van der Waals surface area contributed by atoms with Gasteiger partial charge in [0.15, 0.2) is 0 Å². The van der Waals surface area contributed by atoms with Gasteiger partial charge in [-0.3, -0.25) is 4.79 Å². The van der Waals surface area contributed by atoms with E-state index in [1.807, 2.05) is 6.92 Å². The van der Waals surface area contributed by atoms with Gasteiger partial charge in [-0.1, -0.05) is 12.1 Å². The van der Waals surface area contributed by atoms with Crippen LogP contribution in [0.4, 0.5) is 0 Å². The molecular formula is C14H22N2O4S. The van der Waals surface area contributed by atoms with Gasteiger partial charge in [0.25, 0.3) is 0 Å². The third-order valence-corrected chi connectivity index (χ3v) is 3.95. The molecule has 0 aliphatic rings. The number of ether oxygens (including phenoxy) is 1. The van der Waals surface area contributed by atoms with Crippen LogP contribution in [0.5, 0.6) is 0 Å². The Morgan fingerprint density at radius 1 is 1.33 bits per heavy atom. The van der Waals surface area contributed by atoms with E-state index in [9.17, 15) is 13.2 Å². The molecule has 0 fully saturated rings. The first-order chi connectivity index (χ1) is 9.84. The third-order valence-electron chi connectivity index (χ3n) is 3.02. The molecule has 3 N–H and O–H groups in total.